The number of alkyl halides is 3. The largest absolute Gasteiger partial charge is 0.490 e. The standard InChI is InChI=1S/C26H28N4OS.C2HF3O2/c1-2-4-25-21(3-1)16-30(15-20-6-12-32-18-20)19-26(31-25)7-10-29(11-8-26)17-22-13-28-24-14-27-9-5-23(22)24;3-2(4,5)1(6)7/h1-6,9,12-14,18,28H,7-8,10-11,15-17,19H2;(H,6,7). The molecule has 4 aromatic rings. The number of hydrogen-bond donors (Lipinski definition) is 2. The average Bonchev–Trinajstić information content (AvgIpc) is 3.53. The highest BCUT2D eigenvalue weighted by Crippen LogP contribution is 2.36. The van der Waals surface area contributed by atoms with Crippen LogP contribution < -0.4 is 4.74 Å². The zero-order chi connectivity index (χ0) is 27.5. The summed E-state index contributed by atoms with van der Waals surface area (Å²) in [4.78, 5) is 21.6. The highest BCUT2D eigenvalue weighted by molar-refractivity contribution is 7.07. The van der Waals surface area contributed by atoms with Crippen molar-refractivity contribution in [3.05, 3.63) is 82.4 Å². The van der Waals surface area contributed by atoms with Gasteiger partial charge in [-0.05, 0) is 40.1 Å². The number of likely N-dealkylation sites (tertiary alicyclic amines) is 1. The fourth-order valence-corrected chi connectivity index (χ4v) is 5.90. The Bertz CT molecular complexity index is 1400. The van der Waals surface area contributed by atoms with E-state index in [0.29, 0.717) is 0 Å². The fraction of sp³-hybridized carbons (Fsp3) is 0.357. The van der Waals surface area contributed by atoms with Crippen molar-refractivity contribution in [2.75, 3.05) is 19.6 Å². The van der Waals surface area contributed by atoms with Crippen LogP contribution in [0.1, 0.15) is 29.5 Å². The summed E-state index contributed by atoms with van der Waals surface area (Å²) in [6.45, 7) is 5.97. The van der Waals surface area contributed by atoms with E-state index in [-0.39, 0.29) is 5.60 Å². The van der Waals surface area contributed by atoms with Crippen LogP contribution in [0.3, 0.4) is 0 Å². The number of nitrogens with zero attached hydrogens (tertiary/aromatic N) is 3. The van der Waals surface area contributed by atoms with Crippen LogP contribution in [0.2, 0.25) is 0 Å². The van der Waals surface area contributed by atoms with Crippen LogP contribution >= 0.6 is 11.3 Å². The number of aromatic amines is 1. The molecule has 206 valence electrons. The summed E-state index contributed by atoms with van der Waals surface area (Å²) >= 11 is 1.78. The minimum atomic E-state index is -5.08. The molecule has 2 aliphatic rings. The van der Waals surface area contributed by atoms with Gasteiger partial charge in [-0.25, -0.2) is 4.79 Å². The Labute approximate surface area is 227 Å². The summed E-state index contributed by atoms with van der Waals surface area (Å²) in [5.74, 6) is -1.69. The molecule has 2 aliphatic heterocycles. The minimum absolute atomic E-state index is 0.122. The van der Waals surface area contributed by atoms with Crippen LogP contribution in [0.5, 0.6) is 5.75 Å². The Hall–Kier alpha value is -3.41. The molecule has 7 nitrogen and oxygen atoms in total. The van der Waals surface area contributed by atoms with E-state index in [1.165, 1.54) is 22.1 Å². The van der Waals surface area contributed by atoms with Crippen molar-refractivity contribution in [2.24, 2.45) is 0 Å². The number of piperidine rings is 1. The summed E-state index contributed by atoms with van der Waals surface area (Å²) in [6.07, 6.45) is 2.93. The summed E-state index contributed by atoms with van der Waals surface area (Å²) in [7, 11) is 0. The first-order valence-electron chi connectivity index (χ1n) is 12.6. The molecule has 5 heterocycles. The van der Waals surface area contributed by atoms with E-state index in [9.17, 15) is 13.2 Å². The number of halogens is 3. The number of rotatable bonds is 4. The second-order valence-corrected chi connectivity index (χ2v) is 10.8. The lowest BCUT2D eigenvalue weighted by Gasteiger charge is -2.43. The van der Waals surface area contributed by atoms with Gasteiger partial charge in [0.2, 0.25) is 0 Å². The second-order valence-electron chi connectivity index (χ2n) is 9.98. The van der Waals surface area contributed by atoms with E-state index in [1.54, 1.807) is 11.3 Å². The molecule has 0 amide bonds. The smallest absolute Gasteiger partial charge is 0.486 e. The zero-order valence-electron chi connectivity index (χ0n) is 21.2. The normalized spacial score (nSPS) is 17.6. The molecule has 1 fully saturated rings. The van der Waals surface area contributed by atoms with E-state index >= 15 is 0 Å². The average molecular weight is 559 g/mol. The van der Waals surface area contributed by atoms with Gasteiger partial charge in [0.1, 0.15) is 11.4 Å². The van der Waals surface area contributed by atoms with Gasteiger partial charge in [0.25, 0.3) is 0 Å². The van der Waals surface area contributed by atoms with Crippen molar-refractivity contribution in [1.82, 2.24) is 19.8 Å². The summed E-state index contributed by atoms with van der Waals surface area (Å²) < 4.78 is 38.5. The van der Waals surface area contributed by atoms with E-state index in [0.717, 1.165) is 63.4 Å². The number of ether oxygens (including phenoxy) is 1. The Morgan fingerprint density at radius 3 is 2.62 bits per heavy atom. The van der Waals surface area contributed by atoms with Gasteiger partial charge in [-0.2, -0.15) is 24.5 Å². The number of nitrogens with one attached hydrogen (secondary N) is 1. The monoisotopic (exact) mass is 558 g/mol. The Kier molecular flexibility index (Phi) is 7.92. The second kappa shape index (κ2) is 11.4. The maximum atomic E-state index is 10.6. The van der Waals surface area contributed by atoms with Crippen LogP contribution in [0, 0.1) is 0 Å². The van der Waals surface area contributed by atoms with E-state index in [4.69, 9.17) is 14.6 Å². The molecule has 0 unspecified atom stereocenters. The summed E-state index contributed by atoms with van der Waals surface area (Å²) in [5.41, 5.74) is 5.04. The maximum Gasteiger partial charge on any atom is 0.490 e. The third-order valence-corrected chi connectivity index (χ3v) is 7.90. The number of pyridine rings is 1. The number of thiophene rings is 1. The number of aromatic nitrogens is 2. The first kappa shape index (κ1) is 27.2. The molecule has 3 aromatic heterocycles. The van der Waals surface area contributed by atoms with Crippen molar-refractivity contribution >= 4 is 28.2 Å². The first-order chi connectivity index (χ1) is 18.7. The summed E-state index contributed by atoms with van der Waals surface area (Å²) in [5, 5.41) is 12.8. The molecule has 0 aliphatic carbocycles. The maximum absolute atomic E-state index is 10.6. The van der Waals surface area contributed by atoms with Gasteiger partial charge >= 0.3 is 12.1 Å². The highest BCUT2D eigenvalue weighted by Gasteiger charge is 2.41. The number of carboxylic acids is 1. The topological polar surface area (TPSA) is 81.7 Å². The molecule has 1 spiro atoms. The van der Waals surface area contributed by atoms with Gasteiger partial charge < -0.3 is 14.8 Å². The molecular weight excluding hydrogens is 529 g/mol. The lowest BCUT2D eigenvalue weighted by Crippen LogP contribution is -2.53. The van der Waals surface area contributed by atoms with Crippen molar-refractivity contribution in [3.8, 4) is 5.75 Å². The predicted molar refractivity (Wildman–Crippen MR) is 143 cm³/mol. The van der Waals surface area contributed by atoms with E-state index in [2.05, 4.69) is 73.1 Å². The molecule has 39 heavy (non-hydrogen) atoms. The first-order valence-corrected chi connectivity index (χ1v) is 13.6. The zero-order valence-corrected chi connectivity index (χ0v) is 22.0. The minimum Gasteiger partial charge on any atom is -0.486 e. The molecule has 2 N–H and O–H groups in total. The van der Waals surface area contributed by atoms with Gasteiger partial charge in [-0.15, -0.1) is 0 Å². The fourth-order valence-electron chi connectivity index (χ4n) is 5.24. The van der Waals surface area contributed by atoms with E-state index in [1.807, 2.05) is 12.4 Å². The van der Waals surface area contributed by atoms with Crippen LogP contribution in [0.4, 0.5) is 13.2 Å². The van der Waals surface area contributed by atoms with Crippen molar-refractivity contribution in [3.63, 3.8) is 0 Å². The third kappa shape index (κ3) is 6.60. The van der Waals surface area contributed by atoms with Crippen molar-refractivity contribution in [1.29, 1.82) is 0 Å². The van der Waals surface area contributed by atoms with Crippen molar-refractivity contribution < 1.29 is 27.8 Å². The van der Waals surface area contributed by atoms with Gasteiger partial charge in [0.05, 0.1) is 11.7 Å². The predicted octanol–water partition coefficient (Wildman–Crippen LogP) is 5.69. The number of carbonyl (C=O) groups is 1. The van der Waals surface area contributed by atoms with Gasteiger partial charge in [-0.1, -0.05) is 18.2 Å². The number of fused-ring (bicyclic) bond motifs is 2. The van der Waals surface area contributed by atoms with Crippen LogP contribution in [0.15, 0.2) is 65.7 Å². The Morgan fingerprint density at radius 1 is 1.13 bits per heavy atom. The molecule has 0 saturated carbocycles. The molecular formula is C28H29F3N4O3S. The van der Waals surface area contributed by atoms with Gasteiger partial charge in [0.15, 0.2) is 0 Å². The molecule has 1 aromatic carbocycles. The quantitative estimate of drug-likeness (QED) is 0.335. The number of hydrogen-bond acceptors (Lipinski definition) is 6. The lowest BCUT2D eigenvalue weighted by atomic mass is 9.90. The molecule has 0 atom stereocenters. The Morgan fingerprint density at radius 2 is 1.90 bits per heavy atom. The lowest BCUT2D eigenvalue weighted by molar-refractivity contribution is -0.192. The van der Waals surface area contributed by atoms with Crippen molar-refractivity contribution in [2.45, 2.75) is 44.3 Å². The molecule has 11 heteroatoms. The number of aliphatic carboxylic acids is 1. The highest BCUT2D eigenvalue weighted by atomic mass is 32.1. The van der Waals surface area contributed by atoms with Gasteiger partial charge in [0, 0.05) is 75.5 Å². The molecule has 0 bridgehead atoms. The number of benzene rings is 1. The third-order valence-electron chi connectivity index (χ3n) is 7.16. The SMILES string of the molecule is O=C(O)C(F)(F)F.c1ccc2c(c1)CN(Cc1ccsc1)CC1(CCN(Cc3c[nH]c4cnccc34)CC1)O2. The number of H-pyrrole nitrogens is 1. The molecule has 6 rings (SSSR count). The van der Waals surface area contributed by atoms with Crippen LogP contribution in [-0.2, 0) is 24.4 Å². The van der Waals surface area contributed by atoms with E-state index < -0.39 is 12.1 Å². The molecule has 0 radical (unpaired) electrons. The van der Waals surface area contributed by atoms with Crippen LogP contribution in [0.25, 0.3) is 10.9 Å². The summed E-state index contributed by atoms with van der Waals surface area (Å²) in [6, 6.07) is 13.0. The molecule has 1 saturated heterocycles. The van der Waals surface area contributed by atoms with Gasteiger partial charge in [-0.3, -0.25) is 14.8 Å². The number of para-hydroxylation sites is 1. The van der Waals surface area contributed by atoms with Crippen LogP contribution in [-0.4, -0.2) is 62.3 Å². The Balaban J connectivity index is 0.000000392. The number of carboxylic acid groups (broad SMARTS) is 1.